The van der Waals surface area contributed by atoms with Crippen molar-refractivity contribution >= 4 is 11.9 Å². The fourth-order valence-electron chi connectivity index (χ4n) is 2.57. The average molecular weight is 261 g/mol. The first-order chi connectivity index (χ1) is 9.13. The number of benzene rings is 1. The number of hydrogen-bond donors (Lipinski definition) is 2. The third kappa shape index (κ3) is 2.95. The lowest BCUT2D eigenvalue weighted by Gasteiger charge is -2.20. The molecule has 4 nitrogen and oxygen atoms in total. The van der Waals surface area contributed by atoms with Gasteiger partial charge in [-0.15, -0.1) is 0 Å². The summed E-state index contributed by atoms with van der Waals surface area (Å²) >= 11 is 0. The minimum absolute atomic E-state index is 0.270. The number of fused-ring (bicyclic) bond motifs is 1. The van der Waals surface area contributed by atoms with Gasteiger partial charge in [0.15, 0.2) is 0 Å². The lowest BCUT2D eigenvalue weighted by Crippen LogP contribution is -2.40. The van der Waals surface area contributed by atoms with E-state index >= 15 is 0 Å². The van der Waals surface area contributed by atoms with Crippen LogP contribution in [-0.4, -0.2) is 23.0 Å². The van der Waals surface area contributed by atoms with Crippen molar-refractivity contribution in [3.05, 3.63) is 34.9 Å². The summed E-state index contributed by atoms with van der Waals surface area (Å²) in [6.45, 7) is 1.75. The molecule has 1 atom stereocenters. The van der Waals surface area contributed by atoms with E-state index in [0.717, 1.165) is 31.2 Å². The predicted molar refractivity (Wildman–Crippen MR) is 72.3 cm³/mol. The molecule has 1 amide bonds. The molecule has 2 rings (SSSR count). The van der Waals surface area contributed by atoms with Crippen molar-refractivity contribution in [2.45, 2.75) is 45.1 Å². The molecule has 1 aromatic carbocycles. The van der Waals surface area contributed by atoms with Crippen LogP contribution in [0.1, 0.15) is 47.7 Å². The summed E-state index contributed by atoms with van der Waals surface area (Å²) < 4.78 is 0. The normalized spacial score (nSPS) is 15.4. The highest BCUT2D eigenvalue weighted by Crippen LogP contribution is 2.24. The summed E-state index contributed by atoms with van der Waals surface area (Å²) in [5.41, 5.74) is 2.95. The van der Waals surface area contributed by atoms with Gasteiger partial charge in [-0.05, 0) is 49.3 Å². The maximum absolute atomic E-state index is 12.2. The van der Waals surface area contributed by atoms with Gasteiger partial charge in [0.1, 0.15) is 6.04 Å². The van der Waals surface area contributed by atoms with Gasteiger partial charge >= 0.3 is 5.97 Å². The molecule has 0 saturated carbocycles. The van der Waals surface area contributed by atoms with Crippen molar-refractivity contribution in [3.8, 4) is 0 Å². The van der Waals surface area contributed by atoms with E-state index in [9.17, 15) is 9.59 Å². The van der Waals surface area contributed by atoms with Crippen molar-refractivity contribution in [2.75, 3.05) is 0 Å². The molecule has 4 heteroatoms. The van der Waals surface area contributed by atoms with E-state index in [1.807, 2.05) is 6.07 Å². The van der Waals surface area contributed by atoms with Crippen LogP contribution in [0.3, 0.4) is 0 Å². The summed E-state index contributed by atoms with van der Waals surface area (Å²) in [7, 11) is 0. The van der Waals surface area contributed by atoms with E-state index in [2.05, 4.69) is 11.4 Å². The number of carbonyl (C=O) groups excluding carboxylic acids is 1. The van der Waals surface area contributed by atoms with Gasteiger partial charge in [0.25, 0.3) is 5.91 Å². The minimum atomic E-state index is -0.986. The highest BCUT2D eigenvalue weighted by atomic mass is 16.4. The van der Waals surface area contributed by atoms with Crippen molar-refractivity contribution in [1.82, 2.24) is 5.32 Å². The molecular weight excluding hydrogens is 242 g/mol. The Morgan fingerprint density at radius 3 is 2.74 bits per heavy atom. The zero-order valence-electron chi connectivity index (χ0n) is 11.1. The highest BCUT2D eigenvalue weighted by Gasteiger charge is 2.22. The molecule has 102 valence electrons. The lowest BCUT2D eigenvalue weighted by molar-refractivity contribution is -0.139. The lowest BCUT2D eigenvalue weighted by atomic mass is 9.88. The number of carboxylic acid groups (broad SMARTS) is 1. The number of aliphatic carboxylic acids is 1. The molecule has 19 heavy (non-hydrogen) atoms. The minimum Gasteiger partial charge on any atom is -0.480 e. The van der Waals surface area contributed by atoms with Gasteiger partial charge in [-0.2, -0.15) is 0 Å². The zero-order valence-corrected chi connectivity index (χ0v) is 11.1. The Morgan fingerprint density at radius 2 is 2.05 bits per heavy atom. The first-order valence-corrected chi connectivity index (χ1v) is 6.78. The molecule has 1 aliphatic carbocycles. The monoisotopic (exact) mass is 261 g/mol. The Bertz CT molecular complexity index is 496. The van der Waals surface area contributed by atoms with Gasteiger partial charge in [-0.1, -0.05) is 19.1 Å². The van der Waals surface area contributed by atoms with Crippen LogP contribution in [0.4, 0.5) is 0 Å². The van der Waals surface area contributed by atoms with Crippen LogP contribution in [0.5, 0.6) is 0 Å². The molecule has 0 spiro atoms. The van der Waals surface area contributed by atoms with Crippen LogP contribution in [0.15, 0.2) is 18.2 Å². The fourth-order valence-corrected chi connectivity index (χ4v) is 2.57. The third-order valence-electron chi connectivity index (χ3n) is 3.65. The molecule has 0 heterocycles. The summed E-state index contributed by atoms with van der Waals surface area (Å²) in [5.74, 6) is -1.26. The van der Waals surface area contributed by atoms with Crippen LogP contribution in [-0.2, 0) is 17.6 Å². The van der Waals surface area contributed by atoms with Gasteiger partial charge in [0.05, 0.1) is 0 Å². The second kappa shape index (κ2) is 5.87. The second-order valence-electron chi connectivity index (χ2n) is 4.92. The smallest absolute Gasteiger partial charge is 0.326 e. The van der Waals surface area contributed by atoms with Crippen molar-refractivity contribution in [2.24, 2.45) is 0 Å². The number of nitrogens with one attached hydrogen (secondary N) is 1. The first kappa shape index (κ1) is 13.6. The van der Waals surface area contributed by atoms with Crippen molar-refractivity contribution < 1.29 is 14.7 Å². The molecule has 1 aromatic rings. The van der Waals surface area contributed by atoms with Crippen LogP contribution < -0.4 is 5.32 Å². The van der Waals surface area contributed by atoms with Gasteiger partial charge in [-0.25, -0.2) is 4.79 Å². The maximum Gasteiger partial charge on any atom is 0.326 e. The summed E-state index contributed by atoms with van der Waals surface area (Å²) in [4.78, 5) is 23.2. The molecule has 0 bridgehead atoms. The average Bonchev–Trinajstić information content (AvgIpc) is 2.43. The maximum atomic E-state index is 12.2. The molecule has 0 fully saturated rings. The molecule has 0 aromatic heterocycles. The van der Waals surface area contributed by atoms with E-state index in [1.165, 1.54) is 5.56 Å². The Hall–Kier alpha value is -1.84. The number of carbonyl (C=O) groups is 2. The van der Waals surface area contributed by atoms with Gasteiger partial charge < -0.3 is 10.4 Å². The molecule has 0 aliphatic heterocycles. The Balaban J connectivity index is 2.22. The molecule has 2 N–H and O–H groups in total. The van der Waals surface area contributed by atoms with Gasteiger partial charge in [-0.3, -0.25) is 4.79 Å². The molecule has 1 aliphatic rings. The number of hydrogen-bond acceptors (Lipinski definition) is 2. The van der Waals surface area contributed by atoms with Crippen LogP contribution >= 0.6 is 0 Å². The van der Waals surface area contributed by atoms with Gasteiger partial charge in [0.2, 0.25) is 0 Å². The second-order valence-corrected chi connectivity index (χ2v) is 4.92. The highest BCUT2D eigenvalue weighted by molar-refractivity contribution is 5.98. The van der Waals surface area contributed by atoms with E-state index in [0.29, 0.717) is 12.0 Å². The summed E-state index contributed by atoms with van der Waals surface area (Å²) in [6.07, 6.45) is 4.55. The Morgan fingerprint density at radius 1 is 1.32 bits per heavy atom. The third-order valence-corrected chi connectivity index (χ3v) is 3.65. The zero-order chi connectivity index (χ0) is 13.8. The standard InChI is InChI=1S/C15H19NO3/c1-2-13(15(18)19)16-14(17)12-9-5-7-10-6-3-4-8-11(10)12/h5,7,9,13H,2-4,6,8H2,1H3,(H,16,17)(H,18,19). The van der Waals surface area contributed by atoms with E-state index in [-0.39, 0.29) is 5.91 Å². The van der Waals surface area contributed by atoms with Crippen LogP contribution in [0, 0.1) is 0 Å². The predicted octanol–water partition coefficient (Wildman–Crippen LogP) is 2.16. The summed E-state index contributed by atoms with van der Waals surface area (Å²) in [6, 6.07) is 4.90. The Labute approximate surface area is 112 Å². The number of carboxylic acids is 1. The molecule has 0 saturated heterocycles. The number of rotatable bonds is 4. The van der Waals surface area contributed by atoms with E-state index in [1.54, 1.807) is 13.0 Å². The van der Waals surface area contributed by atoms with E-state index in [4.69, 9.17) is 5.11 Å². The quantitative estimate of drug-likeness (QED) is 0.872. The van der Waals surface area contributed by atoms with Crippen molar-refractivity contribution in [1.29, 1.82) is 0 Å². The fraction of sp³-hybridized carbons (Fsp3) is 0.467. The van der Waals surface area contributed by atoms with Crippen LogP contribution in [0.25, 0.3) is 0 Å². The topological polar surface area (TPSA) is 66.4 Å². The molecule has 0 radical (unpaired) electrons. The molecular formula is C15H19NO3. The van der Waals surface area contributed by atoms with Crippen molar-refractivity contribution in [3.63, 3.8) is 0 Å². The summed E-state index contributed by atoms with van der Waals surface area (Å²) in [5, 5.41) is 11.6. The first-order valence-electron chi connectivity index (χ1n) is 6.78. The number of aryl methyl sites for hydroxylation is 1. The van der Waals surface area contributed by atoms with Gasteiger partial charge in [0, 0.05) is 5.56 Å². The van der Waals surface area contributed by atoms with Crippen LogP contribution in [0.2, 0.25) is 0 Å². The Kier molecular flexibility index (Phi) is 4.20. The van der Waals surface area contributed by atoms with E-state index < -0.39 is 12.0 Å². The largest absolute Gasteiger partial charge is 0.480 e. The SMILES string of the molecule is CCC(NC(=O)c1cccc2c1CCCC2)C(=O)O. The number of amides is 1. The molecule has 1 unspecified atom stereocenters.